The molecule has 1 aliphatic heterocycles. The van der Waals surface area contributed by atoms with Crippen molar-refractivity contribution in [1.29, 1.82) is 5.26 Å². The SMILES string of the molecule is CC1(C)CC(N)CC(C)(C)N1/C=C(/C#N)C(=O)NCC(=O)O. The molecule has 0 radical (unpaired) electrons. The molecule has 0 spiro atoms. The minimum Gasteiger partial charge on any atom is -0.480 e. The highest BCUT2D eigenvalue weighted by Crippen LogP contribution is 2.38. The number of likely N-dealkylation sites (tertiary alicyclic amines) is 1. The molecule has 1 rings (SSSR count). The molecule has 0 aromatic rings. The van der Waals surface area contributed by atoms with Gasteiger partial charge in [-0.15, -0.1) is 0 Å². The normalized spacial score (nSPS) is 21.1. The van der Waals surface area contributed by atoms with Gasteiger partial charge in [-0.25, -0.2) is 0 Å². The second kappa shape index (κ2) is 6.36. The number of carbonyl (C=O) groups is 2. The summed E-state index contributed by atoms with van der Waals surface area (Å²) in [6.45, 7) is 7.52. The van der Waals surface area contributed by atoms with E-state index < -0.39 is 18.4 Å². The van der Waals surface area contributed by atoms with E-state index in [4.69, 9.17) is 10.8 Å². The zero-order valence-electron chi connectivity index (χ0n) is 13.5. The molecule has 7 nitrogen and oxygen atoms in total. The average Bonchev–Trinajstić information content (AvgIpc) is 2.33. The Hall–Kier alpha value is -2.07. The molecule has 4 N–H and O–H groups in total. The Labute approximate surface area is 130 Å². The van der Waals surface area contributed by atoms with E-state index in [0.29, 0.717) is 0 Å². The van der Waals surface area contributed by atoms with Gasteiger partial charge in [0, 0.05) is 23.3 Å². The van der Waals surface area contributed by atoms with Crippen LogP contribution in [0.1, 0.15) is 40.5 Å². The molecular weight excluding hydrogens is 284 g/mol. The van der Waals surface area contributed by atoms with Gasteiger partial charge >= 0.3 is 5.97 Å². The molecule has 0 saturated carbocycles. The fourth-order valence-electron chi connectivity index (χ4n) is 3.24. The first kappa shape index (κ1) is 18.0. The van der Waals surface area contributed by atoms with Gasteiger partial charge in [-0.2, -0.15) is 5.26 Å². The van der Waals surface area contributed by atoms with Crippen molar-refractivity contribution in [1.82, 2.24) is 10.2 Å². The Kier molecular flexibility index (Phi) is 5.20. The van der Waals surface area contributed by atoms with Crippen LogP contribution in [0.25, 0.3) is 0 Å². The van der Waals surface area contributed by atoms with Crippen LogP contribution in [0.5, 0.6) is 0 Å². The molecule has 0 aliphatic carbocycles. The molecule has 22 heavy (non-hydrogen) atoms. The lowest BCUT2D eigenvalue weighted by Gasteiger charge is -2.54. The number of carbonyl (C=O) groups excluding carboxylic acids is 1. The summed E-state index contributed by atoms with van der Waals surface area (Å²) < 4.78 is 0. The third-order valence-electron chi connectivity index (χ3n) is 3.85. The van der Waals surface area contributed by atoms with Crippen molar-refractivity contribution in [3.05, 3.63) is 11.8 Å². The van der Waals surface area contributed by atoms with E-state index in [1.54, 1.807) is 0 Å². The Bertz CT molecular complexity index is 513. The van der Waals surface area contributed by atoms with Crippen LogP contribution in [0, 0.1) is 11.3 Å². The average molecular weight is 308 g/mol. The van der Waals surface area contributed by atoms with Crippen molar-refractivity contribution in [3.63, 3.8) is 0 Å². The highest BCUT2D eigenvalue weighted by molar-refractivity contribution is 5.98. The largest absolute Gasteiger partial charge is 0.480 e. The van der Waals surface area contributed by atoms with Gasteiger partial charge in [0.2, 0.25) is 0 Å². The van der Waals surface area contributed by atoms with E-state index in [0.717, 1.165) is 12.8 Å². The molecule has 0 bridgehead atoms. The lowest BCUT2D eigenvalue weighted by molar-refractivity contribution is -0.137. The Morgan fingerprint density at radius 2 is 1.86 bits per heavy atom. The van der Waals surface area contributed by atoms with Crippen molar-refractivity contribution >= 4 is 11.9 Å². The summed E-state index contributed by atoms with van der Waals surface area (Å²) in [7, 11) is 0. The fourth-order valence-corrected chi connectivity index (χ4v) is 3.24. The number of nitriles is 1. The molecule has 1 amide bonds. The number of carboxylic acid groups (broad SMARTS) is 1. The molecule has 1 saturated heterocycles. The highest BCUT2D eigenvalue weighted by atomic mass is 16.4. The Morgan fingerprint density at radius 1 is 1.36 bits per heavy atom. The molecular formula is C15H24N4O3. The summed E-state index contributed by atoms with van der Waals surface area (Å²) >= 11 is 0. The van der Waals surface area contributed by atoms with Crippen molar-refractivity contribution in [2.24, 2.45) is 5.73 Å². The molecule has 7 heteroatoms. The number of nitrogens with zero attached hydrogens (tertiary/aromatic N) is 2. The van der Waals surface area contributed by atoms with Crippen molar-refractivity contribution in [3.8, 4) is 6.07 Å². The van der Waals surface area contributed by atoms with Crippen molar-refractivity contribution < 1.29 is 14.7 Å². The van der Waals surface area contributed by atoms with E-state index in [1.165, 1.54) is 6.20 Å². The maximum atomic E-state index is 11.9. The van der Waals surface area contributed by atoms with Gasteiger partial charge in [-0.05, 0) is 40.5 Å². The molecule has 1 aliphatic rings. The summed E-state index contributed by atoms with van der Waals surface area (Å²) in [5.41, 5.74) is 5.36. The Balaban J connectivity index is 3.06. The zero-order valence-corrected chi connectivity index (χ0v) is 13.5. The van der Waals surface area contributed by atoms with Gasteiger partial charge in [-0.1, -0.05) is 0 Å². The standard InChI is InChI=1S/C15H24N4O3/c1-14(2)5-11(17)6-15(3,4)19(14)9-10(7-16)13(22)18-8-12(20)21/h9,11H,5-6,8,17H2,1-4H3,(H,18,22)(H,20,21)/b10-9-. The topological polar surface area (TPSA) is 119 Å². The number of nitrogens with one attached hydrogen (secondary N) is 1. The van der Waals surface area contributed by atoms with Crippen LogP contribution in [-0.2, 0) is 9.59 Å². The summed E-state index contributed by atoms with van der Waals surface area (Å²) in [6, 6.07) is 1.90. The van der Waals surface area contributed by atoms with Crippen molar-refractivity contribution in [2.45, 2.75) is 57.7 Å². The van der Waals surface area contributed by atoms with Crippen LogP contribution in [0.2, 0.25) is 0 Å². The number of hydrogen-bond acceptors (Lipinski definition) is 5. The van der Waals surface area contributed by atoms with E-state index >= 15 is 0 Å². The summed E-state index contributed by atoms with van der Waals surface area (Å²) in [6.07, 6.45) is 2.99. The molecule has 0 unspecified atom stereocenters. The number of piperidine rings is 1. The minimum absolute atomic E-state index is 0.0565. The number of amides is 1. The van der Waals surface area contributed by atoms with Crippen molar-refractivity contribution in [2.75, 3.05) is 6.54 Å². The van der Waals surface area contributed by atoms with Crippen LogP contribution >= 0.6 is 0 Å². The Morgan fingerprint density at radius 3 is 2.27 bits per heavy atom. The van der Waals surface area contributed by atoms with Crippen LogP contribution < -0.4 is 11.1 Å². The monoisotopic (exact) mass is 308 g/mol. The quantitative estimate of drug-likeness (QED) is 0.516. The van der Waals surface area contributed by atoms with Gasteiger partial charge < -0.3 is 21.1 Å². The number of aliphatic carboxylic acids is 1. The zero-order chi connectivity index (χ0) is 17.1. The first-order valence-corrected chi connectivity index (χ1v) is 7.16. The first-order valence-electron chi connectivity index (χ1n) is 7.16. The summed E-state index contributed by atoms with van der Waals surface area (Å²) in [5, 5.41) is 20.0. The van der Waals surface area contributed by atoms with Crippen LogP contribution in [0.3, 0.4) is 0 Å². The van der Waals surface area contributed by atoms with Crippen LogP contribution in [-0.4, -0.2) is 45.5 Å². The summed E-state index contributed by atoms with van der Waals surface area (Å²) in [5.74, 6) is -1.85. The van der Waals surface area contributed by atoms with Crippen LogP contribution in [0.15, 0.2) is 11.8 Å². The summed E-state index contributed by atoms with van der Waals surface area (Å²) in [4.78, 5) is 24.4. The maximum absolute atomic E-state index is 11.9. The van der Waals surface area contributed by atoms with Gasteiger partial charge in [0.15, 0.2) is 0 Å². The number of hydrogen-bond donors (Lipinski definition) is 3. The van der Waals surface area contributed by atoms with E-state index in [9.17, 15) is 14.9 Å². The van der Waals surface area contributed by atoms with Gasteiger partial charge in [0.05, 0.1) is 0 Å². The molecule has 0 aromatic heterocycles. The molecule has 1 fully saturated rings. The smallest absolute Gasteiger partial charge is 0.322 e. The van der Waals surface area contributed by atoms with E-state index in [-0.39, 0.29) is 22.7 Å². The maximum Gasteiger partial charge on any atom is 0.322 e. The third-order valence-corrected chi connectivity index (χ3v) is 3.85. The lowest BCUT2D eigenvalue weighted by Crippen LogP contribution is -2.61. The predicted molar refractivity (Wildman–Crippen MR) is 81.5 cm³/mol. The van der Waals surface area contributed by atoms with E-state index in [2.05, 4.69) is 5.32 Å². The van der Waals surface area contributed by atoms with E-state index in [1.807, 2.05) is 38.7 Å². The molecule has 1 heterocycles. The first-order chi connectivity index (χ1) is 9.99. The van der Waals surface area contributed by atoms with Gasteiger partial charge in [-0.3, -0.25) is 9.59 Å². The van der Waals surface area contributed by atoms with Crippen LogP contribution in [0.4, 0.5) is 0 Å². The third kappa shape index (κ3) is 4.21. The number of rotatable bonds is 4. The lowest BCUT2D eigenvalue weighted by atomic mass is 9.77. The molecule has 0 atom stereocenters. The second-order valence-corrected chi connectivity index (χ2v) is 6.89. The number of nitrogens with two attached hydrogens (primary N) is 1. The fraction of sp³-hybridized carbons (Fsp3) is 0.667. The number of carboxylic acids is 1. The minimum atomic E-state index is -1.16. The molecule has 0 aromatic carbocycles. The molecule has 122 valence electrons. The second-order valence-electron chi connectivity index (χ2n) is 6.89. The predicted octanol–water partition coefficient (Wildman–Crippen LogP) is 0.575. The van der Waals surface area contributed by atoms with Gasteiger partial charge in [0.1, 0.15) is 18.2 Å². The van der Waals surface area contributed by atoms with Gasteiger partial charge in [0.25, 0.3) is 5.91 Å². The highest BCUT2D eigenvalue weighted by Gasteiger charge is 2.43.